The predicted octanol–water partition coefficient (Wildman–Crippen LogP) is 13.9. The average Bonchev–Trinajstić information content (AvgIpc) is 4.24. The van der Waals surface area contributed by atoms with E-state index in [0.29, 0.717) is 22.5 Å². The van der Waals surface area contributed by atoms with E-state index in [-0.39, 0.29) is 11.8 Å². The molecule has 8 aromatic rings. The van der Waals surface area contributed by atoms with Crippen molar-refractivity contribution in [3.63, 3.8) is 0 Å². The van der Waals surface area contributed by atoms with E-state index >= 15 is 0 Å². The zero-order valence-corrected chi connectivity index (χ0v) is 41.6. The maximum atomic E-state index is 13.2. The molecular formula is C54H52F6N8O3S2. The highest BCUT2D eigenvalue weighted by Gasteiger charge is 2.31. The molecule has 0 radical (unpaired) electrons. The van der Waals surface area contributed by atoms with Crippen molar-refractivity contribution in [1.82, 2.24) is 40.0 Å². The summed E-state index contributed by atoms with van der Waals surface area (Å²) in [5.74, 6) is 2.04. The van der Waals surface area contributed by atoms with E-state index in [1.54, 1.807) is 47.8 Å². The number of hydrogen-bond acceptors (Lipinski definition) is 11. The van der Waals surface area contributed by atoms with Crippen molar-refractivity contribution in [3.05, 3.63) is 201 Å². The van der Waals surface area contributed by atoms with E-state index in [0.717, 1.165) is 121 Å². The largest absolute Gasteiger partial charge is 0.445 e. The summed E-state index contributed by atoms with van der Waals surface area (Å²) in [5, 5.41) is 17.0. The van der Waals surface area contributed by atoms with Gasteiger partial charge in [0.2, 0.25) is 11.8 Å². The van der Waals surface area contributed by atoms with Crippen LogP contribution in [0.1, 0.15) is 117 Å². The Morgan fingerprint density at radius 2 is 0.932 bits per heavy atom. The zero-order valence-electron chi connectivity index (χ0n) is 40.0. The second-order valence-corrected chi connectivity index (χ2v) is 19.0. The number of thioether (sulfide) groups is 2. The molecule has 0 aliphatic rings. The molecule has 8 rings (SSSR count). The highest BCUT2D eigenvalue weighted by Crippen LogP contribution is 2.37. The van der Waals surface area contributed by atoms with Crippen LogP contribution < -0.4 is 0 Å². The molecule has 4 aromatic carbocycles. The monoisotopic (exact) mass is 1040 g/mol. The Kier molecular flexibility index (Phi) is 17.9. The van der Waals surface area contributed by atoms with Gasteiger partial charge in [-0.05, 0) is 121 Å². The Hall–Kier alpha value is -6.70. The molecule has 0 bridgehead atoms. The third kappa shape index (κ3) is 15.2. The fraction of sp³-hybridized carbons (Fsp3) is 0.296. The van der Waals surface area contributed by atoms with E-state index < -0.39 is 35.7 Å². The Morgan fingerprint density at radius 3 is 1.30 bits per heavy atom. The van der Waals surface area contributed by atoms with Gasteiger partial charge in [0, 0.05) is 49.1 Å². The van der Waals surface area contributed by atoms with Gasteiger partial charge in [0.15, 0.2) is 0 Å². The number of oxazole rings is 2. The summed E-state index contributed by atoms with van der Waals surface area (Å²) < 4.78 is 102. The minimum Gasteiger partial charge on any atom is -0.445 e. The van der Waals surface area contributed by atoms with Crippen molar-refractivity contribution < 1.29 is 39.9 Å². The maximum Gasteiger partial charge on any atom is 0.416 e. The third-order valence-corrected chi connectivity index (χ3v) is 12.9. The SMILES string of the molecule is CSCc1cn(CCCCc2ccc(C(OC(c3ccc(CCCCn4cc(CSC)nn4)cc3)c3coc(C=Cc4ccc(C(F)(F)F)cc4)n3)c3coc(C=Cc4ccc(C(F)(F)F)cc4)n3)cc2)nn1. The van der Waals surface area contributed by atoms with Crippen molar-refractivity contribution in [3.8, 4) is 0 Å². The van der Waals surface area contributed by atoms with Crippen molar-refractivity contribution in [2.24, 2.45) is 0 Å². The summed E-state index contributed by atoms with van der Waals surface area (Å²) in [6, 6.07) is 25.7. The van der Waals surface area contributed by atoms with Crippen LogP contribution in [0.4, 0.5) is 26.3 Å². The van der Waals surface area contributed by atoms with Crippen LogP contribution in [-0.4, -0.2) is 52.5 Å². The van der Waals surface area contributed by atoms with Gasteiger partial charge in [-0.3, -0.25) is 9.36 Å². The Labute approximate surface area is 427 Å². The van der Waals surface area contributed by atoms with Crippen LogP contribution >= 0.6 is 23.5 Å². The highest BCUT2D eigenvalue weighted by molar-refractivity contribution is 7.98. The van der Waals surface area contributed by atoms with E-state index in [1.807, 2.05) is 58.5 Å². The highest BCUT2D eigenvalue weighted by atomic mass is 32.2. The van der Waals surface area contributed by atoms with E-state index in [4.69, 9.17) is 23.5 Å². The molecule has 73 heavy (non-hydrogen) atoms. The normalized spacial score (nSPS) is 13.2. The van der Waals surface area contributed by atoms with E-state index in [2.05, 4.69) is 44.9 Å². The van der Waals surface area contributed by atoms with Gasteiger partial charge in [-0.2, -0.15) is 49.9 Å². The molecule has 0 saturated heterocycles. The van der Waals surface area contributed by atoms with Gasteiger partial charge >= 0.3 is 12.4 Å². The molecule has 0 amide bonds. The molecule has 0 N–H and O–H groups in total. The minimum atomic E-state index is -4.46. The first-order valence-corrected chi connectivity index (χ1v) is 26.3. The molecular weight excluding hydrogens is 987 g/mol. The average molecular weight is 1040 g/mol. The topological polar surface area (TPSA) is 123 Å². The lowest BCUT2D eigenvalue weighted by molar-refractivity contribution is -0.138. The third-order valence-electron chi connectivity index (χ3n) is 11.7. The molecule has 0 saturated carbocycles. The summed E-state index contributed by atoms with van der Waals surface area (Å²) in [7, 11) is 0. The van der Waals surface area contributed by atoms with Gasteiger partial charge in [-0.1, -0.05) is 83.2 Å². The van der Waals surface area contributed by atoms with Crippen LogP contribution in [0.2, 0.25) is 0 Å². The van der Waals surface area contributed by atoms with Crippen molar-refractivity contribution in [2.45, 2.75) is 87.7 Å². The number of rotatable bonds is 24. The molecule has 0 aliphatic carbocycles. The molecule has 19 heteroatoms. The van der Waals surface area contributed by atoms with Crippen molar-refractivity contribution in [1.29, 1.82) is 0 Å². The van der Waals surface area contributed by atoms with Gasteiger partial charge < -0.3 is 13.6 Å². The van der Waals surface area contributed by atoms with Crippen molar-refractivity contribution >= 4 is 47.8 Å². The van der Waals surface area contributed by atoms with Gasteiger partial charge in [-0.15, -0.1) is 10.2 Å². The van der Waals surface area contributed by atoms with Crippen LogP contribution in [-0.2, 0) is 54.5 Å². The van der Waals surface area contributed by atoms with Crippen LogP contribution in [0.25, 0.3) is 24.3 Å². The molecule has 4 heterocycles. The zero-order chi connectivity index (χ0) is 51.2. The van der Waals surface area contributed by atoms with Crippen LogP contribution in [0.3, 0.4) is 0 Å². The quantitative estimate of drug-likeness (QED) is 0.0424. The second-order valence-electron chi connectivity index (χ2n) is 17.2. The fourth-order valence-corrected chi connectivity index (χ4v) is 8.77. The van der Waals surface area contributed by atoms with Gasteiger partial charge in [0.25, 0.3) is 0 Å². The summed E-state index contributed by atoms with van der Waals surface area (Å²) >= 11 is 3.40. The second kappa shape index (κ2) is 24.8. The first-order valence-electron chi connectivity index (χ1n) is 23.5. The lowest BCUT2D eigenvalue weighted by Crippen LogP contribution is -2.14. The Bertz CT molecular complexity index is 2810. The number of aryl methyl sites for hydroxylation is 4. The standard InChI is InChI=1S/C54H52F6N8O3S2/c1-72-35-45-31-67(65-63-45)29-5-3-7-37-9-19-41(20-10-37)51(47-33-69-49(61-47)27-17-39-13-23-43(24-14-39)53(55,56)57)71-52(48-34-70-50(62-48)28-18-40-15-25-44(26-16-40)54(58,59)60)42-21-11-38(12-22-42)8-4-6-30-68-32-46(36-73-2)64-66-68/h9-28,31-34,51-52H,3-8,29-30,35-36H2,1-2H3. The molecule has 380 valence electrons. The van der Waals surface area contributed by atoms with Crippen LogP contribution in [0.5, 0.6) is 0 Å². The smallest absolute Gasteiger partial charge is 0.416 e. The van der Waals surface area contributed by atoms with E-state index in [1.165, 1.54) is 36.8 Å². The molecule has 0 aliphatic heterocycles. The van der Waals surface area contributed by atoms with Crippen molar-refractivity contribution in [2.75, 3.05) is 12.5 Å². The first-order chi connectivity index (χ1) is 35.3. The number of halogens is 6. The summed E-state index contributed by atoms with van der Waals surface area (Å²) in [5.41, 5.74) is 6.08. The lowest BCUT2D eigenvalue weighted by Gasteiger charge is -2.24. The maximum absolute atomic E-state index is 13.2. The number of benzene rings is 4. The molecule has 0 fully saturated rings. The van der Waals surface area contributed by atoms with Crippen LogP contribution in [0, 0.1) is 0 Å². The van der Waals surface area contributed by atoms with Crippen LogP contribution in [0.15, 0.2) is 131 Å². The number of ether oxygens (including phenoxy) is 1. The predicted molar refractivity (Wildman–Crippen MR) is 272 cm³/mol. The lowest BCUT2D eigenvalue weighted by atomic mass is 10.00. The van der Waals surface area contributed by atoms with Gasteiger partial charge in [-0.25, -0.2) is 9.97 Å². The number of alkyl halides is 6. The Morgan fingerprint density at radius 1 is 0.534 bits per heavy atom. The Balaban J connectivity index is 1.05. The molecule has 2 unspecified atom stereocenters. The van der Waals surface area contributed by atoms with Gasteiger partial charge in [0.05, 0.1) is 22.5 Å². The summed E-state index contributed by atoms with van der Waals surface area (Å²) in [4.78, 5) is 9.58. The van der Waals surface area contributed by atoms with Gasteiger partial charge in [0.1, 0.15) is 36.1 Å². The van der Waals surface area contributed by atoms with E-state index in [9.17, 15) is 26.3 Å². The number of nitrogens with zero attached hydrogens (tertiary/aromatic N) is 8. The molecule has 11 nitrogen and oxygen atoms in total. The number of hydrogen-bond donors (Lipinski definition) is 0. The molecule has 4 aromatic heterocycles. The number of unbranched alkanes of at least 4 members (excludes halogenated alkanes) is 2. The fourth-order valence-electron chi connectivity index (χ4n) is 7.92. The molecule has 0 spiro atoms. The summed E-state index contributed by atoms with van der Waals surface area (Å²) in [6.45, 7) is 1.52. The first kappa shape index (κ1) is 52.6. The summed E-state index contributed by atoms with van der Waals surface area (Å²) in [6.07, 6.45) is 12.2. The number of aromatic nitrogens is 8. The molecule has 2 atom stereocenters. The minimum absolute atomic E-state index is 0.204.